The first-order valence-corrected chi connectivity index (χ1v) is 8.72. The average Bonchev–Trinajstić information content (AvgIpc) is 3.25. The molecule has 2 heterocycles. The van der Waals surface area contributed by atoms with Crippen molar-refractivity contribution in [2.45, 2.75) is 6.42 Å². The number of aromatic hydroxyl groups is 2. The summed E-state index contributed by atoms with van der Waals surface area (Å²) in [6, 6.07) is 12.9. The van der Waals surface area contributed by atoms with Crippen LogP contribution in [0.15, 0.2) is 48.5 Å². The lowest BCUT2D eigenvalue weighted by atomic mass is 10.1. The molecule has 0 spiro atoms. The monoisotopic (exact) mass is 393 g/mol. The van der Waals surface area contributed by atoms with Gasteiger partial charge in [-0.05, 0) is 35.4 Å². The second-order valence-corrected chi connectivity index (χ2v) is 6.22. The number of aromatic nitrogens is 6. The van der Waals surface area contributed by atoms with Crippen LogP contribution >= 0.6 is 0 Å². The quantitative estimate of drug-likeness (QED) is 0.393. The maximum Gasteiger partial charge on any atom is 0.316 e. The van der Waals surface area contributed by atoms with E-state index in [2.05, 4.69) is 35.9 Å². The smallest absolute Gasteiger partial charge is 0.316 e. The summed E-state index contributed by atoms with van der Waals surface area (Å²) in [4.78, 5) is 8.05. The lowest BCUT2D eigenvalue weighted by molar-refractivity contribution is 0.431. The van der Waals surface area contributed by atoms with Crippen LogP contribution in [0.4, 0.5) is 10.2 Å². The van der Waals surface area contributed by atoms with E-state index in [4.69, 9.17) is 0 Å². The lowest BCUT2D eigenvalue weighted by Crippen LogP contribution is -2.07. The van der Waals surface area contributed by atoms with E-state index >= 15 is 0 Å². The van der Waals surface area contributed by atoms with Gasteiger partial charge in [0.1, 0.15) is 5.82 Å². The molecule has 0 bridgehead atoms. The Kier molecular flexibility index (Phi) is 4.97. The SMILES string of the molecule is Oc1nc(NCCc2ccc(O)c(F)c2)cc(-c2cccc(-c3nn[nH]n3)c2)n1. The molecule has 146 valence electrons. The van der Waals surface area contributed by atoms with Gasteiger partial charge in [-0.15, -0.1) is 10.2 Å². The zero-order chi connectivity index (χ0) is 20.2. The highest BCUT2D eigenvalue weighted by molar-refractivity contribution is 5.69. The molecule has 0 saturated carbocycles. The number of hydrogen-bond acceptors (Lipinski definition) is 8. The van der Waals surface area contributed by atoms with Crippen LogP contribution in [-0.4, -0.2) is 47.3 Å². The fourth-order valence-corrected chi connectivity index (χ4v) is 2.82. The molecule has 4 N–H and O–H groups in total. The Morgan fingerprint density at radius 1 is 1.00 bits per heavy atom. The summed E-state index contributed by atoms with van der Waals surface area (Å²) in [5, 5.41) is 36.1. The molecule has 10 heteroatoms. The number of phenols is 1. The summed E-state index contributed by atoms with van der Waals surface area (Å²) in [6.07, 6.45) is 0.505. The van der Waals surface area contributed by atoms with E-state index in [-0.39, 0.29) is 11.8 Å². The molecule has 29 heavy (non-hydrogen) atoms. The van der Waals surface area contributed by atoms with Crippen molar-refractivity contribution < 1.29 is 14.6 Å². The van der Waals surface area contributed by atoms with E-state index < -0.39 is 5.82 Å². The highest BCUT2D eigenvalue weighted by Crippen LogP contribution is 2.25. The Hall–Kier alpha value is -4.08. The van der Waals surface area contributed by atoms with E-state index in [0.29, 0.717) is 30.3 Å². The first-order valence-electron chi connectivity index (χ1n) is 8.72. The Balaban J connectivity index is 1.50. The molecule has 2 aromatic heterocycles. The number of H-pyrrole nitrogens is 1. The van der Waals surface area contributed by atoms with Crippen LogP contribution in [0.25, 0.3) is 22.6 Å². The zero-order valence-corrected chi connectivity index (χ0v) is 15.0. The second kappa shape index (κ2) is 7.89. The van der Waals surface area contributed by atoms with E-state index in [1.54, 1.807) is 12.1 Å². The van der Waals surface area contributed by atoms with Gasteiger partial charge in [-0.25, -0.2) is 4.39 Å². The summed E-state index contributed by atoms with van der Waals surface area (Å²) in [7, 11) is 0. The summed E-state index contributed by atoms with van der Waals surface area (Å²) in [6.45, 7) is 0.447. The minimum Gasteiger partial charge on any atom is -0.505 e. The van der Waals surface area contributed by atoms with Gasteiger partial charge in [0.25, 0.3) is 0 Å². The van der Waals surface area contributed by atoms with Crippen molar-refractivity contribution in [3.8, 4) is 34.4 Å². The van der Waals surface area contributed by atoms with Gasteiger partial charge < -0.3 is 15.5 Å². The van der Waals surface area contributed by atoms with Crippen molar-refractivity contribution in [3.05, 3.63) is 59.9 Å². The highest BCUT2D eigenvalue weighted by Gasteiger charge is 2.09. The Bertz CT molecular complexity index is 1140. The molecule has 2 aromatic carbocycles. The Morgan fingerprint density at radius 3 is 2.66 bits per heavy atom. The number of tetrazole rings is 1. The molecule has 9 nitrogen and oxygen atoms in total. The third-order valence-electron chi connectivity index (χ3n) is 4.21. The molecule has 0 unspecified atom stereocenters. The van der Waals surface area contributed by atoms with E-state index in [9.17, 15) is 14.6 Å². The van der Waals surface area contributed by atoms with Gasteiger partial charge in [0.15, 0.2) is 11.6 Å². The number of benzene rings is 2. The summed E-state index contributed by atoms with van der Waals surface area (Å²) < 4.78 is 13.4. The molecular weight excluding hydrogens is 377 g/mol. The van der Waals surface area contributed by atoms with Gasteiger partial charge in [-0.1, -0.05) is 24.3 Å². The van der Waals surface area contributed by atoms with Gasteiger partial charge in [0.2, 0.25) is 5.82 Å². The van der Waals surface area contributed by atoms with Crippen molar-refractivity contribution >= 4 is 5.82 Å². The molecule has 0 aliphatic carbocycles. The first-order chi connectivity index (χ1) is 14.1. The standard InChI is InChI=1S/C19H16FN7O2/c20-14-8-11(4-5-16(14)28)6-7-21-17-10-15(22-19(29)23-17)12-2-1-3-13(9-12)18-24-26-27-25-18/h1-5,8-10,28H,6-7H2,(H2,21,22,23,29)(H,24,25,26,27). The Labute approximate surface area is 164 Å². The third kappa shape index (κ3) is 4.26. The molecule has 0 radical (unpaired) electrons. The van der Waals surface area contributed by atoms with Gasteiger partial charge >= 0.3 is 6.01 Å². The first kappa shape index (κ1) is 18.3. The molecular formula is C19H16FN7O2. The van der Waals surface area contributed by atoms with Crippen LogP contribution < -0.4 is 5.32 Å². The van der Waals surface area contributed by atoms with E-state index in [1.807, 2.05) is 24.3 Å². The van der Waals surface area contributed by atoms with Crippen LogP contribution in [0.1, 0.15) is 5.56 Å². The van der Waals surface area contributed by atoms with Crippen molar-refractivity contribution in [1.82, 2.24) is 30.6 Å². The van der Waals surface area contributed by atoms with Crippen molar-refractivity contribution in [1.29, 1.82) is 0 Å². The largest absolute Gasteiger partial charge is 0.505 e. The number of nitrogens with one attached hydrogen (secondary N) is 2. The minimum absolute atomic E-state index is 0.370. The molecule has 4 aromatic rings. The predicted octanol–water partition coefficient (Wildman–Crippen LogP) is 2.53. The van der Waals surface area contributed by atoms with Crippen molar-refractivity contribution in [3.63, 3.8) is 0 Å². The maximum atomic E-state index is 13.4. The fourth-order valence-electron chi connectivity index (χ4n) is 2.82. The minimum atomic E-state index is -0.661. The number of hydrogen-bond donors (Lipinski definition) is 4. The highest BCUT2D eigenvalue weighted by atomic mass is 19.1. The van der Waals surface area contributed by atoms with Crippen LogP contribution in [0, 0.1) is 5.82 Å². The molecule has 0 atom stereocenters. The molecule has 0 aliphatic rings. The number of nitrogens with zero attached hydrogens (tertiary/aromatic N) is 5. The van der Waals surface area contributed by atoms with Gasteiger partial charge in [-0.2, -0.15) is 15.2 Å². The number of halogens is 1. The van der Waals surface area contributed by atoms with Crippen molar-refractivity contribution in [2.24, 2.45) is 0 Å². The summed E-state index contributed by atoms with van der Waals surface area (Å²) in [5.41, 5.74) is 2.73. The number of aromatic amines is 1. The molecule has 4 rings (SSSR count). The molecule has 0 aliphatic heterocycles. The van der Waals surface area contributed by atoms with Crippen LogP contribution in [0.2, 0.25) is 0 Å². The van der Waals surface area contributed by atoms with Crippen LogP contribution in [0.3, 0.4) is 0 Å². The van der Waals surface area contributed by atoms with Gasteiger partial charge in [-0.3, -0.25) is 0 Å². The molecule has 0 fully saturated rings. The molecule has 0 saturated heterocycles. The fraction of sp³-hybridized carbons (Fsp3) is 0.105. The zero-order valence-electron chi connectivity index (χ0n) is 15.0. The van der Waals surface area contributed by atoms with Gasteiger partial charge in [0, 0.05) is 23.7 Å². The summed E-state index contributed by atoms with van der Waals surface area (Å²) in [5.74, 6) is -0.164. The topological polar surface area (TPSA) is 133 Å². The van der Waals surface area contributed by atoms with Crippen LogP contribution in [-0.2, 0) is 6.42 Å². The number of anilines is 1. The normalized spacial score (nSPS) is 10.8. The number of rotatable bonds is 6. The predicted molar refractivity (Wildman–Crippen MR) is 103 cm³/mol. The van der Waals surface area contributed by atoms with Crippen LogP contribution in [0.5, 0.6) is 11.8 Å². The average molecular weight is 393 g/mol. The number of phenolic OH excluding ortho intramolecular Hbond substituents is 1. The second-order valence-electron chi connectivity index (χ2n) is 6.22. The Morgan fingerprint density at radius 2 is 1.86 bits per heavy atom. The van der Waals surface area contributed by atoms with Crippen molar-refractivity contribution in [2.75, 3.05) is 11.9 Å². The summed E-state index contributed by atoms with van der Waals surface area (Å²) >= 11 is 0. The lowest BCUT2D eigenvalue weighted by Gasteiger charge is -2.09. The van der Waals surface area contributed by atoms with E-state index in [1.165, 1.54) is 12.1 Å². The van der Waals surface area contributed by atoms with Gasteiger partial charge in [0.05, 0.1) is 5.69 Å². The maximum absolute atomic E-state index is 13.4. The van der Waals surface area contributed by atoms with E-state index in [0.717, 1.165) is 16.7 Å². The third-order valence-corrected chi connectivity index (χ3v) is 4.21. The molecule has 0 amide bonds.